The minimum Gasteiger partial charge on any atom is -0.378 e. The topological polar surface area (TPSA) is 89.3 Å². The lowest BCUT2D eigenvalue weighted by atomic mass is 10.0. The van der Waals surface area contributed by atoms with E-state index >= 15 is 0 Å². The Bertz CT molecular complexity index is 1170. The van der Waals surface area contributed by atoms with E-state index in [9.17, 15) is 9.59 Å². The highest BCUT2D eigenvalue weighted by Crippen LogP contribution is 2.32. The van der Waals surface area contributed by atoms with Gasteiger partial charge in [0.25, 0.3) is 0 Å². The summed E-state index contributed by atoms with van der Waals surface area (Å²) in [7, 11) is 0. The molecule has 8 nitrogen and oxygen atoms in total. The lowest BCUT2D eigenvalue weighted by molar-refractivity contribution is -0.118. The monoisotopic (exact) mass is 493 g/mol. The molecule has 1 unspecified atom stereocenters. The van der Waals surface area contributed by atoms with E-state index in [0.717, 1.165) is 42.3 Å². The third-order valence-electron chi connectivity index (χ3n) is 5.94. The van der Waals surface area contributed by atoms with E-state index in [4.69, 9.17) is 4.74 Å². The summed E-state index contributed by atoms with van der Waals surface area (Å²) in [6.07, 6.45) is 0.724. The Labute approximate surface area is 210 Å². The largest absolute Gasteiger partial charge is 0.378 e. The average Bonchev–Trinajstić information content (AvgIpc) is 3.27. The number of ketones is 1. The maximum atomic E-state index is 13.2. The minimum atomic E-state index is -0.343. The highest BCUT2D eigenvalue weighted by Gasteiger charge is 2.26. The van der Waals surface area contributed by atoms with Gasteiger partial charge in [-0.05, 0) is 37.5 Å². The van der Waals surface area contributed by atoms with Gasteiger partial charge in [0, 0.05) is 32.1 Å². The molecule has 1 saturated heterocycles. The van der Waals surface area contributed by atoms with Gasteiger partial charge in [0.05, 0.1) is 24.2 Å². The van der Waals surface area contributed by atoms with Crippen LogP contribution in [0.3, 0.4) is 0 Å². The molecule has 9 heteroatoms. The molecular formula is C26H31N5O3S. The molecule has 0 radical (unpaired) electrons. The van der Waals surface area contributed by atoms with E-state index in [2.05, 4.69) is 44.0 Å². The Morgan fingerprint density at radius 2 is 1.80 bits per heavy atom. The van der Waals surface area contributed by atoms with Crippen LogP contribution in [0.1, 0.15) is 35.3 Å². The van der Waals surface area contributed by atoms with Crippen LogP contribution in [0.2, 0.25) is 0 Å². The minimum absolute atomic E-state index is 0.0377. The molecule has 1 aliphatic heterocycles. The van der Waals surface area contributed by atoms with Crippen molar-refractivity contribution in [1.82, 2.24) is 20.1 Å². The maximum absolute atomic E-state index is 13.2. The van der Waals surface area contributed by atoms with Crippen molar-refractivity contribution >= 4 is 29.4 Å². The van der Waals surface area contributed by atoms with Crippen LogP contribution in [0.15, 0.2) is 53.7 Å². The zero-order chi connectivity index (χ0) is 24.8. The van der Waals surface area contributed by atoms with Gasteiger partial charge >= 0.3 is 0 Å². The summed E-state index contributed by atoms with van der Waals surface area (Å²) in [6, 6.07) is 15.7. The van der Waals surface area contributed by atoms with Crippen molar-refractivity contribution in [3.8, 4) is 5.69 Å². The summed E-state index contributed by atoms with van der Waals surface area (Å²) in [5.74, 6) is 0.766. The molecule has 1 amide bonds. The first kappa shape index (κ1) is 24.9. The van der Waals surface area contributed by atoms with Crippen molar-refractivity contribution in [1.29, 1.82) is 0 Å². The predicted octanol–water partition coefficient (Wildman–Crippen LogP) is 3.45. The molecule has 2 heterocycles. The van der Waals surface area contributed by atoms with E-state index in [1.54, 1.807) is 0 Å². The predicted molar refractivity (Wildman–Crippen MR) is 138 cm³/mol. The van der Waals surface area contributed by atoms with E-state index < -0.39 is 0 Å². The molecule has 1 atom stereocenters. The number of para-hydroxylation sites is 1. The molecule has 0 saturated carbocycles. The number of nitrogens with zero attached hydrogens (tertiary/aromatic N) is 4. The summed E-state index contributed by atoms with van der Waals surface area (Å²) in [6.45, 7) is 8.85. The maximum Gasteiger partial charge on any atom is 0.232 e. The van der Waals surface area contributed by atoms with Gasteiger partial charge in [-0.25, -0.2) is 0 Å². The number of benzene rings is 2. The number of nitrogens with one attached hydrogen (secondary N) is 1. The van der Waals surface area contributed by atoms with Gasteiger partial charge < -0.3 is 15.0 Å². The molecule has 1 aliphatic rings. The number of Topliss-reactive ketones (excluding diaryl/α,β-unsaturated/α-hetero) is 1. The second-order valence-corrected chi connectivity index (χ2v) is 9.87. The summed E-state index contributed by atoms with van der Waals surface area (Å²) < 4.78 is 7.57. The fourth-order valence-electron chi connectivity index (χ4n) is 4.00. The lowest BCUT2D eigenvalue weighted by Gasteiger charge is -2.28. The molecule has 2 aromatic carbocycles. The van der Waals surface area contributed by atoms with Crippen molar-refractivity contribution in [3.05, 3.63) is 65.2 Å². The van der Waals surface area contributed by atoms with E-state index in [0.29, 0.717) is 30.5 Å². The Morgan fingerprint density at radius 3 is 2.49 bits per heavy atom. The number of rotatable bonds is 9. The number of hydrogen-bond donors (Lipinski definition) is 1. The number of aromatic nitrogens is 3. The number of anilines is 1. The quantitative estimate of drug-likeness (QED) is 0.361. The summed E-state index contributed by atoms with van der Waals surface area (Å²) in [5, 5.41) is 12.1. The molecule has 0 bridgehead atoms. The highest BCUT2D eigenvalue weighted by atomic mass is 32.2. The van der Waals surface area contributed by atoms with E-state index in [-0.39, 0.29) is 16.9 Å². The molecule has 3 aromatic rings. The number of carbonyl (C=O) groups excluding carboxylic acids is 2. The molecule has 184 valence electrons. The zero-order valence-corrected chi connectivity index (χ0v) is 21.2. The third-order valence-corrected chi connectivity index (χ3v) is 6.99. The number of amides is 1. The Hall–Kier alpha value is -3.17. The average molecular weight is 494 g/mol. The van der Waals surface area contributed by atoms with E-state index in [1.807, 2.05) is 43.3 Å². The van der Waals surface area contributed by atoms with Gasteiger partial charge in [-0.1, -0.05) is 54.2 Å². The first-order valence-corrected chi connectivity index (χ1v) is 12.7. The van der Waals surface area contributed by atoms with Crippen LogP contribution in [-0.4, -0.2) is 64.6 Å². The van der Waals surface area contributed by atoms with Crippen LogP contribution >= 0.6 is 11.8 Å². The fourth-order valence-corrected chi connectivity index (χ4v) is 4.93. The number of ether oxygens (including phenoxy) is 1. The number of aryl methyl sites for hydroxylation is 1. The number of hydrogen-bond acceptors (Lipinski definition) is 7. The summed E-state index contributed by atoms with van der Waals surface area (Å²) in [5.41, 5.74) is 3.84. The van der Waals surface area contributed by atoms with Gasteiger partial charge in [0.1, 0.15) is 0 Å². The summed E-state index contributed by atoms with van der Waals surface area (Å²) in [4.78, 5) is 26.5. The van der Waals surface area contributed by atoms with Crippen molar-refractivity contribution < 1.29 is 14.3 Å². The van der Waals surface area contributed by atoms with Crippen LogP contribution in [0.5, 0.6) is 0 Å². The van der Waals surface area contributed by atoms with Crippen molar-refractivity contribution in [2.45, 2.75) is 37.6 Å². The van der Waals surface area contributed by atoms with Gasteiger partial charge in [-0.3, -0.25) is 14.2 Å². The summed E-state index contributed by atoms with van der Waals surface area (Å²) >= 11 is 1.42. The standard InChI is InChI=1S/C26H31N5O3S/c1-18-6-4-5-7-23(18)31-25(30-14-16-34-17-15-30)28-29-26(31)35-19(2)24(33)22-10-8-21(9-11-22)12-13-27-20(3)32/h4-11,19H,12-17H2,1-3H3,(H,27,32). The van der Waals surface area contributed by atoms with Crippen molar-refractivity contribution in [2.75, 3.05) is 37.7 Å². The van der Waals surface area contributed by atoms with Crippen LogP contribution < -0.4 is 10.2 Å². The molecule has 1 N–H and O–H groups in total. The lowest BCUT2D eigenvalue weighted by Crippen LogP contribution is -2.38. The Kier molecular flexibility index (Phi) is 8.20. The Morgan fingerprint density at radius 1 is 1.09 bits per heavy atom. The van der Waals surface area contributed by atoms with Gasteiger partial charge in [-0.2, -0.15) is 0 Å². The van der Waals surface area contributed by atoms with Crippen molar-refractivity contribution in [2.24, 2.45) is 0 Å². The number of carbonyl (C=O) groups is 2. The van der Waals surface area contributed by atoms with Gasteiger partial charge in [0.15, 0.2) is 10.9 Å². The number of thioether (sulfide) groups is 1. The normalized spacial score (nSPS) is 14.5. The van der Waals surface area contributed by atoms with E-state index in [1.165, 1.54) is 18.7 Å². The zero-order valence-electron chi connectivity index (χ0n) is 20.4. The van der Waals surface area contributed by atoms with Crippen molar-refractivity contribution in [3.63, 3.8) is 0 Å². The molecule has 4 rings (SSSR count). The second-order valence-electron chi connectivity index (χ2n) is 8.56. The van der Waals surface area contributed by atoms with Crippen LogP contribution in [0, 0.1) is 6.92 Å². The molecule has 0 spiro atoms. The fraction of sp³-hybridized carbons (Fsp3) is 0.385. The molecule has 0 aliphatic carbocycles. The molecule has 1 aromatic heterocycles. The smallest absolute Gasteiger partial charge is 0.232 e. The highest BCUT2D eigenvalue weighted by molar-refractivity contribution is 8.00. The SMILES string of the molecule is CC(=O)NCCc1ccc(C(=O)C(C)Sc2nnc(N3CCOCC3)n2-c2ccccc2C)cc1. The number of morpholine rings is 1. The first-order chi connectivity index (χ1) is 16.9. The van der Waals surface area contributed by atoms with Gasteiger partial charge in [-0.15, -0.1) is 10.2 Å². The second kappa shape index (κ2) is 11.5. The molecule has 35 heavy (non-hydrogen) atoms. The van der Waals surface area contributed by atoms with Crippen LogP contribution in [0.4, 0.5) is 5.95 Å². The Balaban J connectivity index is 1.53. The van der Waals surface area contributed by atoms with Gasteiger partial charge in [0.2, 0.25) is 11.9 Å². The van der Waals surface area contributed by atoms with Crippen LogP contribution in [0.25, 0.3) is 5.69 Å². The molecule has 1 fully saturated rings. The molecular weight excluding hydrogens is 462 g/mol. The van der Waals surface area contributed by atoms with Crippen LogP contribution in [-0.2, 0) is 16.0 Å². The third kappa shape index (κ3) is 6.10. The first-order valence-electron chi connectivity index (χ1n) is 11.8.